The summed E-state index contributed by atoms with van der Waals surface area (Å²) in [5.41, 5.74) is 2.67. The van der Waals surface area contributed by atoms with Gasteiger partial charge >= 0.3 is 0 Å². The summed E-state index contributed by atoms with van der Waals surface area (Å²) in [5, 5.41) is 10.3. The number of hydrogen-bond acceptors (Lipinski definition) is 8. The number of amides is 1. The number of carbonyl (C=O) groups is 2. The van der Waals surface area contributed by atoms with E-state index in [9.17, 15) is 13.2 Å². The lowest BCUT2D eigenvalue weighted by molar-refractivity contribution is -0.133. The number of carbonyl (C=O) groups excluding carboxylic acids is 1. The van der Waals surface area contributed by atoms with Gasteiger partial charge in [-0.05, 0) is 70.0 Å². The highest BCUT2D eigenvalue weighted by Crippen LogP contribution is 2.38. The maximum absolute atomic E-state index is 15.2. The molecule has 232 valence electrons. The van der Waals surface area contributed by atoms with Crippen LogP contribution in [0.3, 0.4) is 0 Å². The van der Waals surface area contributed by atoms with Gasteiger partial charge in [-0.2, -0.15) is 0 Å². The van der Waals surface area contributed by atoms with Crippen molar-refractivity contribution < 1.29 is 27.5 Å². The second-order valence-corrected chi connectivity index (χ2v) is 12.6. The largest absolute Gasteiger partial charge is 0.483 e. The summed E-state index contributed by atoms with van der Waals surface area (Å²) in [6.45, 7) is 2.07. The Labute approximate surface area is 256 Å². The highest BCUT2D eigenvalue weighted by Gasteiger charge is 2.36. The van der Waals surface area contributed by atoms with Gasteiger partial charge in [0, 0.05) is 19.3 Å². The summed E-state index contributed by atoms with van der Waals surface area (Å²) in [7, 11) is 1.19. The average Bonchev–Trinajstić information content (AvgIpc) is 2.95. The van der Waals surface area contributed by atoms with Crippen molar-refractivity contribution in [1.29, 1.82) is 0 Å². The predicted molar refractivity (Wildman–Crippen MR) is 163 cm³/mol. The van der Waals surface area contributed by atoms with Gasteiger partial charge in [0.2, 0.25) is 5.91 Å². The number of sulfonamides is 1. The van der Waals surface area contributed by atoms with Crippen LogP contribution in [0.5, 0.6) is 0 Å². The molecule has 0 unspecified atom stereocenters. The first-order valence-corrected chi connectivity index (χ1v) is 15.3. The van der Waals surface area contributed by atoms with Gasteiger partial charge in [0.25, 0.3) is 16.5 Å². The molecular weight excluding hydrogens is 599 g/mol. The number of likely N-dealkylation sites (N-methyl/N-ethyl adjacent to an activating group) is 2. The fourth-order valence-electron chi connectivity index (χ4n) is 5.13. The fraction of sp³-hybridized carbons (Fsp3) is 0.379. The summed E-state index contributed by atoms with van der Waals surface area (Å²) in [6, 6.07) is 11.5. The molecule has 11 nitrogen and oxygen atoms in total. The topological polar surface area (TPSA) is 145 Å². The maximum Gasteiger partial charge on any atom is 0.290 e. The van der Waals surface area contributed by atoms with E-state index in [0.29, 0.717) is 12.8 Å². The van der Waals surface area contributed by atoms with Crippen LogP contribution < -0.4 is 10.0 Å². The SMILES string of the molecule is Cc1cccc([C@H]2CC[C@H](Nc3cc(F)c(S(=O)(=O)Nc4ccncn4)cc3Cl)[C@@H](N(C)C(=O)CN(C)C)C2)c1.O=CO. The zero-order chi connectivity index (χ0) is 31.7. The predicted octanol–water partition coefficient (Wildman–Crippen LogP) is 4.22. The van der Waals surface area contributed by atoms with E-state index in [-0.39, 0.29) is 53.5 Å². The van der Waals surface area contributed by atoms with Crippen molar-refractivity contribution in [3.05, 3.63) is 77.0 Å². The van der Waals surface area contributed by atoms with Crippen LogP contribution in [0.1, 0.15) is 36.3 Å². The first kappa shape index (κ1) is 33.7. The zero-order valence-corrected chi connectivity index (χ0v) is 25.9. The third kappa shape index (κ3) is 9.09. The van der Waals surface area contributed by atoms with Gasteiger partial charge in [-0.1, -0.05) is 41.4 Å². The molecule has 1 amide bonds. The normalized spacial score (nSPS) is 18.3. The first-order valence-electron chi connectivity index (χ1n) is 13.5. The van der Waals surface area contributed by atoms with Crippen molar-refractivity contribution in [2.75, 3.05) is 37.7 Å². The lowest BCUT2D eigenvalue weighted by atomic mass is 9.77. The fourth-order valence-corrected chi connectivity index (χ4v) is 6.50. The average molecular weight is 635 g/mol. The molecule has 1 heterocycles. The van der Waals surface area contributed by atoms with Crippen molar-refractivity contribution in [2.45, 2.75) is 49.1 Å². The Balaban J connectivity index is 0.00000162. The van der Waals surface area contributed by atoms with Crippen molar-refractivity contribution in [3.8, 4) is 0 Å². The van der Waals surface area contributed by atoms with E-state index < -0.39 is 20.7 Å². The molecule has 0 bridgehead atoms. The van der Waals surface area contributed by atoms with Gasteiger partial charge in [-0.15, -0.1) is 0 Å². The van der Waals surface area contributed by atoms with Gasteiger partial charge in [0.1, 0.15) is 22.9 Å². The van der Waals surface area contributed by atoms with Crippen LogP contribution in [0, 0.1) is 12.7 Å². The molecule has 3 N–H and O–H groups in total. The molecule has 14 heteroatoms. The monoisotopic (exact) mass is 634 g/mol. The molecule has 43 heavy (non-hydrogen) atoms. The number of carboxylic acid groups (broad SMARTS) is 1. The van der Waals surface area contributed by atoms with Crippen LogP contribution in [0.4, 0.5) is 15.9 Å². The standard InChI is InChI=1S/C28H34ClFN6O3S.CH2O2/c1-18-6-5-7-19(12-18)20-8-9-23(25(13-20)36(4)28(37)16-35(2)3)33-24-15-22(30)26(14-21(24)29)40(38,39)34-27-10-11-31-17-32-27;2-1-3/h5-7,10-12,14-15,17,20,23,25,33H,8-9,13,16H2,1-4H3,(H,31,32,34);1H,(H,2,3)/t20-,23-,25-;/m0./s1. The second-order valence-electron chi connectivity index (χ2n) is 10.6. The molecule has 1 aliphatic rings. The molecule has 2 aromatic carbocycles. The number of aromatic nitrogens is 2. The number of rotatable bonds is 9. The van der Waals surface area contributed by atoms with E-state index in [0.717, 1.165) is 18.6 Å². The molecule has 4 rings (SSSR count). The Morgan fingerprint density at radius 2 is 1.91 bits per heavy atom. The number of nitrogens with one attached hydrogen (secondary N) is 2. The number of aryl methyl sites for hydroxylation is 1. The van der Waals surface area contributed by atoms with E-state index in [1.807, 2.05) is 25.1 Å². The Bertz CT molecular complexity index is 1510. The van der Waals surface area contributed by atoms with Crippen molar-refractivity contribution in [1.82, 2.24) is 19.8 Å². The smallest absolute Gasteiger partial charge is 0.290 e. The quantitative estimate of drug-likeness (QED) is 0.295. The van der Waals surface area contributed by atoms with E-state index in [4.69, 9.17) is 21.5 Å². The number of hydrogen-bond donors (Lipinski definition) is 3. The minimum atomic E-state index is -4.29. The maximum atomic E-state index is 15.2. The van der Waals surface area contributed by atoms with Gasteiger partial charge in [-0.25, -0.2) is 22.8 Å². The van der Waals surface area contributed by atoms with Crippen molar-refractivity contribution in [2.24, 2.45) is 0 Å². The lowest BCUT2D eigenvalue weighted by Gasteiger charge is -2.42. The first-order chi connectivity index (χ1) is 20.4. The highest BCUT2D eigenvalue weighted by molar-refractivity contribution is 7.92. The van der Waals surface area contributed by atoms with Crippen molar-refractivity contribution >= 4 is 45.5 Å². The van der Waals surface area contributed by atoms with Crippen LogP contribution in [0.2, 0.25) is 5.02 Å². The Hall–Kier alpha value is -3.81. The third-order valence-corrected chi connectivity index (χ3v) is 8.83. The molecule has 0 radical (unpaired) electrons. The van der Waals surface area contributed by atoms with Crippen LogP contribution in [0.25, 0.3) is 0 Å². The van der Waals surface area contributed by atoms with Gasteiger partial charge < -0.3 is 20.2 Å². The van der Waals surface area contributed by atoms with E-state index >= 15 is 4.39 Å². The molecule has 1 fully saturated rings. The molecule has 0 spiro atoms. The lowest BCUT2D eigenvalue weighted by Crippen LogP contribution is -2.52. The Kier molecular flexibility index (Phi) is 11.8. The van der Waals surface area contributed by atoms with Crippen LogP contribution in [-0.2, 0) is 19.6 Å². The summed E-state index contributed by atoms with van der Waals surface area (Å²) >= 11 is 6.50. The van der Waals surface area contributed by atoms with Crippen LogP contribution in [0.15, 0.2) is 59.9 Å². The van der Waals surface area contributed by atoms with Gasteiger partial charge in [-0.3, -0.25) is 14.3 Å². The number of anilines is 2. The summed E-state index contributed by atoms with van der Waals surface area (Å²) in [4.78, 5) is 32.0. The minimum Gasteiger partial charge on any atom is -0.483 e. The van der Waals surface area contributed by atoms with E-state index in [1.54, 1.807) is 11.9 Å². The summed E-state index contributed by atoms with van der Waals surface area (Å²) in [6.07, 6.45) is 4.83. The molecule has 1 saturated carbocycles. The van der Waals surface area contributed by atoms with Gasteiger partial charge in [0.15, 0.2) is 0 Å². The molecule has 1 aromatic heterocycles. The molecule has 0 aliphatic heterocycles. The van der Waals surface area contributed by atoms with Gasteiger partial charge in [0.05, 0.1) is 23.3 Å². The van der Waals surface area contributed by atoms with Crippen LogP contribution >= 0.6 is 11.6 Å². The minimum absolute atomic E-state index is 0.00589. The Morgan fingerprint density at radius 3 is 2.53 bits per heavy atom. The molecule has 3 atom stereocenters. The van der Waals surface area contributed by atoms with Crippen LogP contribution in [-0.4, -0.2) is 85.4 Å². The zero-order valence-electron chi connectivity index (χ0n) is 24.4. The highest BCUT2D eigenvalue weighted by atomic mass is 35.5. The Morgan fingerprint density at radius 1 is 1.19 bits per heavy atom. The van der Waals surface area contributed by atoms with E-state index in [2.05, 4.69) is 45.1 Å². The number of nitrogens with zero attached hydrogens (tertiary/aromatic N) is 4. The number of benzene rings is 2. The number of halogens is 2. The second kappa shape index (κ2) is 15.1. The molecular formula is C29H36ClFN6O5S. The third-order valence-electron chi connectivity index (χ3n) is 7.15. The molecule has 0 saturated heterocycles. The summed E-state index contributed by atoms with van der Waals surface area (Å²) in [5.74, 6) is -0.729. The van der Waals surface area contributed by atoms with E-state index in [1.165, 1.54) is 29.7 Å². The van der Waals surface area contributed by atoms with Crippen molar-refractivity contribution in [3.63, 3.8) is 0 Å². The summed E-state index contributed by atoms with van der Waals surface area (Å²) < 4.78 is 43.1. The molecule has 3 aromatic rings. The molecule has 1 aliphatic carbocycles.